The molecular weight excluding hydrogens is 1070 g/mol. The lowest BCUT2D eigenvalue weighted by Gasteiger charge is -2.43. The quantitative estimate of drug-likeness (QED) is 0.0677. The predicted octanol–water partition coefficient (Wildman–Crippen LogP) is 8.15. The summed E-state index contributed by atoms with van der Waals surface area (Å²) < 4.78 is 12.6. The standard InChI is InChI=1S/C63H81N13O6S/c1-39(2)59(63(80)75-37-49(77)30-54(75)62(79)67-40(3)44-9-11-45(12-10-44)60-41(4)66-38-83-60)56-32-57(70-82-56)73-27-18-43(19-28-73)34-71-23-16-42(17-24-71)33-72-25-20-50(21-26-72)81-58-29-46(15-22-65-58)76-47-13-14-48(76)36-74(35-47)53-31-52(68-69-61(53)64)51-7-5-6-8-55(51)78/h5-12,15,22,29,31-32,38-40,42-43,47-50,54,59,77-78H,13-14,16-21,23-28,30,33-37H2,1-4H3,(H2,64,69)(H,67,79)/t40-,47?,48?,49+,54-,59+/m0/s1. The predicted molar refractivity (Wildman–Crippen MR) is 323 cm³/mol. The Morgan fingerprint density at radius 1 is 0.807 bits per heavy atom. The molecule has 0 spiro atoms. The first-order valence-electron chi connectivity index (χ1n) is 30.3. The highest BCUT2D eigenvalue weighted by molar-refractivity contribution is 7.13. The van der Waals surface area contributed by atoms with E-state index < -0.39 is 18.1 Å². The van der Waals surface area contributed by atoms with Crippen LogP contribution in [0.4, 0.5) is 23.0 Å². The number of nitrogens with two attached hydrogens (primary N) is 1. The molecule has 20 heteroatoms. The topological polar surface area (TPSA) is 219 Å². The number of nitrogens with one attached hydrogen (secondary N) is 1. The lowest BCUT2D eigenvalue weighted by atomic mass is 9.91. The van der Waals surface area contributed by atoms with Crippen molar-refractivity contribution in [2.75, 3.05) is 92.4 Å². The van der Waals surface area contributed by atoms with Gasteiger partial charge in [0.05, 0.1) is 39.6 Å². The summed E-state index contributed by atoms with van der Waals surface area (Å²) in [6, 6.07) is 23.0. The smallest absolute Gasteiger partial charge is 0.243 e. The van der Waals surface area contributed by atoms with Crippen LogP contribution in [0.25, 0.3) is 21.7 Å². The number of aliphatic hydroxyl groups is 1. The Kier molecular flexibility index (Phi) is 16.9. The molecule has 4 aromatic heterocycles. The van der Waals surface area contributed by atoms with E-state index in [1.807, 2.05) is 87.9 Å². The number of hydrogen-bond acceptors (Lipinski definition) is 18. The number of fused-ring (bicyclic) bond motifs is 2. The van der Waals surface area contributed by atoms with Crippen molar-refractivity contribution in [1.29, 1.82) is 0 Å². The fraction of sp³-hybridized carbons (Fsp3) is 0.540. The van der Waals surface area contributed by atoms with Gasteiger partial charge in [-0.1, -0.05) is 55.4 Å². The number of nitrogens with zero attached hydrogens (tertiary/aromatic N) is 11. The van der Waals surface area contributed by atoms with Crippen LogP contribution in [0, 0.1) is 24.7 Å². The van der Waals surface area contributed by atoms with Crippen LogP contribution in [0.2, 0.25) is 0 Å². The number of aromatic hydroxyl groups is 1. The summed E-state index contributed by atoms with van der Waals surface area (Å²) in [5.41, 5.74) is 14.6. The second-order valence-electron chi connectivity index (χ2n) is 24.7. The summed E-state index contributed by atoms with van der Waals surface area (Å²) in [6.07, 6.45) is 10.2. The molecule has 2 bridgehead atoms. The van der Waals surface area contributed by atoms with Gasteiger partial charge in [0, 0.05) is 107 Å². The molecule has 440 valence electrons. The third-order valence-corrected chi connectivity index (χ3v) is 19.7. The second kappa shape index (κ2) is 24.8. The van der Waals surface area contributed by atoms with Gasteiger partial charge < -0.3 is 59.9 Å². The van der Waals surface area contributed by atoms with Crippen molar-refractivity contribution in [3.8, 4) is 33.3 Å². The van der Waals surface area contributed by atoms with Gasteiger partial charge >= 0.3 is 0 Å². The fourth-order valence-corrected chi connectivity index (χ4v) is 14.9. The molecule has 2 amide bonds. The summed E-state index contributed by atoms with van der Waals surface area (Å²) in [6.45, 7) is 18.1. The maximum absolute atomic E-state index is 14.4. The molecule has 6 fully saturated rings. The Balaban J connectivity index is 0.561. The van der Waals surface area contributed by atoms with E-state index in [4.69, 9.17) is 15.0 Å². The molecule has 0 aliphatic carbocycles. The maximum atomic E-state index is 14.4. The molecule has 6 aromatic rings. The van der Waals surface area contributed by atoms with E-state index in [2.05, 4.69) is 67.3 Å². The summed E-state index contributed by atoms with van der Waals surface area (Å²) in [4.78, 5) is 52.5. The Labute approximate surface area is 491 Å². The van der Waals surface area contributed by atoms with Crippen molar-refractivity contribution in [2.45, 2.75) is 128 Å². The number of aromatic nitrogens is 5. The zero-order valence-corrected chi connectivity index (χ0v) is 49.2. The second-order valence-corrected chi connectivity index (χ2v) is 25.5. The molecule has 6 atom stereocenters. The van der Waals surface area contributed by atoms with Crippen molar-refractivity contribution in [1.82, 2.24) is 45.3 Å². The number of rotatable bonds is 17. The zero-order chi connectivity index (χ0) is 57.3. The minimum Gasteiger partial charge on any atom is -0.507 e. The first-order valence-corrected chi connectivity index (χ1v) is 31.2. The summed E-state index contributed by atoms with van der Waals surface area (Å²) in [5, 5.41) is 37.5. The van der Waals surface area contributed by atoms with Crippen LogP contribution < -0.4 is 30.5 Å². The molecule has 6 saturated heterocycles. The minimum atomic E-state index is -0.797. The average Bonchev–Trinajstić information content (AvgIpc) is 4.50. The van der Waals surface area contributed by atoms with E-state index in [0.29, 0.717) is 52.6 Å². The van der Waals surface area contributed by atoms with Crippen LogP contribution in [-0.4, -0.2) is 164 Å². The van der Waals surface area contributed by atoms with Crippen LogP contribution in [-0.2, 0) is 9.59 Å². The van der Waals surface area contributed by atoms with Crippen LogP contribution in [0.5, 0.6) is 11.6 Å². The molecule has 2 aromatic carbocycles. The molecule has 83 heavy (non-hydrogen) atoms. The molecule has 6 aliphatic heterocycles. The van der Waals surface area contributed by atoms with E-state index in [9.17, 15) is 19.8 Å². The minimum absolute atomic E-state index is 0.0910. The number of likely N-dealkylation sites (tertiary alicyclic amines) is 3. The highest BCUT2D eigenvalue weighted by Crippen LogP contribution is 2.41. The molecule has 10 heterocycles. The van der Waals surface area contributed by atoms with Gasteiger partial charge in [0.15, 0.2) is 17.4 Å². The van der Waals surface area contributed by atoms with Crippen molar-refractivity contribution in [2.24, 2.45) is 17.8 Å². The third-order valence-electron chi connectivity index (χ3n) is 18.7. The number of carbonyl (C=O) groups is 2. The lowest BCUT2D eigenvalue weighted by Crippen LogP contribution is -2.54. The number of ether oxygens (including phenoxy) is 1. The average molecular weight is 1150 g/mol. The lowest BCUT2D eigenvalue weighted by molar-refractivity contribution is -0.141. The molecule has 0 saturated carbocycles. The Bertz CT molecular complexity index is 3170. The molecular formula is C63H81N13O6S. The number of piperazine rings is 1. The van der Waals surface area contributed by atoms with E-state index in [1.165, 1.54) is 12.8 Å². The summed E-state index contributed by atoms with van der Waals surface area (Å²) >= 11 is 1.60. The van der Waals surface area contributed by atoms with Gasteiger partial charge in [-0.25, -0.2) is 9.97 Å². The molecule has 0 radical (unpaired) electrons. The number of phenolic OH excluding ortho intramolecular Hbond substituents is 1. The number of phenols is 1. The molecule has 12 rings (SSSR count). The molecule has 2 unspecified atom stereocenters. The van der Waals surface area contributed by atoms with Gasteiger partial charge in [0.1, 0.15) is 23.8 Å². The maximum Gasteiger partial charge on any atom is 0.243 e. The monoisotopic (exact) mass is 1150 g/mol. The highest BCUT2D eigenvalue weighted by Gasteiger charge is 2.45. The number of benzene rings is 2. The number of piperidine rings is 3. The fourth-order valence-electron chi connectivity index (χ4n) is 14.1. The number of hydrogen-bond donors (Lipinski definition) is 4. The molecule has 19 nitrogen and oxygen atoms in total. The number of amides is 2. The van der Waals surface area contributed by atoms with Crippen LogP contribution in [0.15, 0.2) is 89.0 Å². The Morgan fingerprint density at radius 3 is 2.17 bits per heavy atom. The van der Waals surface area contributed by atoms with Crippen molar-refractivity contribution >= 4 is 46.2 Å². The van der Waals surface area contributed by atoms with Crippen LogP contribution in [0.1, 0.15) is 108 Å². The normalized spacial score (nSPS) is 23.1. The first kappa shape index (κ1) is 56.6. The third kappa shape index (κ3) is 12.5. The molecule has 5 N–H and O–H groups in total. The van der Waals surface area contributed by atoms with Crippen LogP contribution >= 0.6 is 11.3 Å². The SMILES string of the molecule is Cc1ncsc1-c1ccc([C@H](C)NC(=O)[C@@H]2C[C@@H](O)CN2C(=O)[C@@H](c2cc(N3CCC(CN4CCC(CN5CCC(Oc6cc(N7C8CCC7CN(c7cc(-c9ccccc9O)nnc7N)C8)ccn6)CC5)CC4)CC3)no2)C(C)C)cc1. The largest absolute Gasteiger partial charge is 0.507 e. The Morgan fingerprint density at radius 2 is 1.49 bits per heavy atom. The highest BCUT2D eigenvalue weighted by atomic mass is 32.1. The number of anilines is 4. The van der Waals surface area contributed by atoms with Crippen molar-refractivity contribution in [3.05, 3.63) is 102 Å². The number of thiazole rings is 1. The number of aliphatic hydroxyl groups excluding tert-OH is 1. The van der Waals surface area contributed by atoms with Gasteiger partial charge in [0.2, 0.25) is 17.7 Å². The number of aryl methyl sites for hydroxylation is 1. The van der Waals surface area contributed by atoms with Crippen molar-refractivity contribution in [3.63, 3.8) is 0 Å². The van der Waals surface area contributed by atoms with Gasteiger partial charge in [-0.3, -0.25) is 9.59 Å². The van der Waals surface area contributed by atoms with Crippen molar-refractivity contribution < 1.29 is 29.1 Å². The van der Waals surface area contributed by atoms with Gasteiger partial charge in [0.25, 0.3) is 0 Å². The number of carbonyl (C=O) groups excluding carboxylic acids is 2. The van der Waals surface area contributed by atoms with E-state index in [1.54, 1.807) is 28.4 Å². The van der Waals surface area contributed by atoms with Gasteiger partial charge in [-0.2, -0.15) is 0 Å². The van der Waals surface area contributed by atoms with Gasteiger partial charge in [-0.05, 0) is 131 Å². The van der Waals surface area contributed by atoms with E-state index in [0.717, 1.165) is 143 Å². The number of β-amino-alcohol motifs (C(OH)–C–C–N with tert-alkyl or cyclic N) is 1. The first-order chi connectivity index (χ1) is 40.3. The van der Waals surface area contributed by atoms with Gasteiger partial charge in [-0.15, -0.1) is 21.5 Å². The Hall–Kier alpha value is -6.87. The summed E-state index contributed by atoms with van der Waals surface area (Å²) in [7, 11) is 0. The van der Waals surface area contributed by atoms with E-state index in [-0.39, 0.29) is 48.6 Å². The number of para-hydroxylation sites is 1. The molecule has 6 aliphatic rings. The zero-order valence-electron chi connectivity index (χ0n) is 48.4. The summed E-state index contributed by atoms with van der Waals surface area (Å²) in [5.74, 6) is 2.59. The van der Waals surface area contributed by atoms with Crippen LogP contribution in [0.3, 0.4) is 0 Å². The number of nitrogen functional groups attached to an aromatic ring is 1. The number of pyridine rings is 1. The van der Waals surface area contributed by atoms with E-state index >= 15 is 0 Å².